The molecule has 2 rings (SSSR count). The Morgan fingerprint density at radius 1 is 1.14 bits per heavy atom. The van der Waals surface area contributed by atoms with Crippen LogP contribution in [-0.4, -0.2) is 26.4 Å². The van der Waals surface area contributed by atoms with Gasteiger partial charge in [0.05, 0.1) is 11.1 Å². The second-order valence-corrected chi connectivity index (χ2v) is 6.36. The molecular formula is C14H15F3N2OS. The zero-order chi connectivity index (χ0) is 15.7. The zero-order valence-electron chi connectivity index (χ0n) is 11.6. The Morgan fingerprint density at radius 2 is 1.81 bits per heavy atom. The predicted octanol–water partition coefficient (Wildman–Crippen LogP) is 3.90. The first-order valence-corrected chi connectivity index (χ1v) is 7.34. The van der Waals surface area contributed by atoms with E-state index in [1.54, 1.807) is 32.0 Å². The van der Waals surface area contributed by atoms with Crippen LogP contribution in [0.4, 0.5) is 13.2 Å². The molecule has 114 valence electrons. The first kappa shape index (κ1) is 16.0. The molecule has 0 spiro atoms. The van der Waals surface area contributed by atoms with Gasteiger partial charge in [0, 0.05) is 11.1 Å². The number of hydrogen-bond acceptors (Lipinski definition) is 4. The first-order valence-electron chi connectivity index (χ1n) is 6.36. The van der Waals surface area contributed by atoms with Gasteiger partial charge in [-0.2, -0.15) is 13.2 Å². The number of halogens is 3. The fourth-order valence-corrected chi connectivity index (χ4v) is 2.96. The van der Waals surface area contributed by atoms with Crippen LogP contribution in [-0.2, 0) is 6.18 Å². The molecule has 1 heterocycles. The lowest BCUT2D eigenvalue weighted by Crippen LogP contribution is -2.19. The number of alkyl halides is 3. The largest absolute Gasteiger partial charge is 0.451 e. The lowest BCUT2D eigenvalue weighted by atomic mass is 10.1. The number of thioether (sulfide) groups is 1. The summed E-state index contributed by atoms with van der Waals surface area (Å²) >= 11 is 1.20. The summed E-state index contributed by atoms with van der Waals surface area (Å²) in [5, 5.41) is 10.5. The Bertz CT molecular complexity index is 638. The van der Waals surface area contributed by atoms with Gasteiger partial charge in [-0.25, -0.2) is 9.97 Å². The Hall–Kier alpha value is -1.34. The van der Waals surface area contributed by atoms with Crippen molar-refractivity contribution in [1.82, 2.24) is 9.97 Å². The minimum absolute atomic E-state index is 0.269. The second-order valence-electron chi connectivity index (χ2n) is 5.28. The molecule has 1 aromatic carbocycles. The minimum Gasteiger partial charge on any atom is -0.390 e. The average Bonchev–Trinajstić information content (AvgIpc) is 2.36. The van der Waals surface area contributed by atoms with Gasteiger partial charge >= 0.3 is 6.18 Å². The summed E-state index contributed by atoms with van der Waals surface area (Å²) < 4.78 is 38.5. The summed E-state index contributed by atoms with van der Waals surface area (Å²) in [5.41, 5.74) is -0.589. The van der Waals surface area contributed by atoms with E-state index in [4.69, 9.17) is 0 Å². The molecule has 1 N–H and O–H groups in total. The third kappa shape index (κ3) is 4.31. The van der Waals surface area contributed by atoms with Crippen LogP contribution in [0.25, 0.3) is 10.9 Å². The van der Waals surface area contributed by atoms with E-state index in [2.05, 4.69) is 9.97 Å². The van der Waals surface area contributed by atoms with Crippen molar-refractivity contribution in [2.75, 3.05) is 5.75 Å². The van der Waals surface area contributed by atoms with Crippen molar-refractivity contribution < 1.29 is 18.3 Å². The van der Waals surface area contributed by atoms with Crippen LogP contribution in [0.15, 0.2) is 29.3 Å². The number of rotatable bonds is 4. The molecule has 0 aliphatic carbocycles. The summed E-state index contributed by atoms with van der Waals surface area (Å²) in [7, 11) is 0. The van der Waals surface area contributed by atoms with Crippen molar-refractivity contribution >= 4 is 22.7 Å². The van der Waals surface area contributed by atoms with Crippen LogP contribution >= 0.6 is 11.8 Å². The summed E-state index contributed by atoms with van der Waals surface area (Å²) in [6, 6.07) is 6.61. The lowest BCUT2D eigenvalue weighted by Gasteiger charge is -2.16. The summed E-state index contributed by atoms with van der Waals surface area (Å²) in [6.07, 6.45) is -4.12. The van der Waals surface area contributed by atoms with Gasteiger partial charge in [-0.15, -0.1) is 11.8 Å². The number of aromatic nitrogens is 2. The number of para-hydroxylation sites is 1. The Morgan fingerprint density at radius 3 is 2.43 bits per heavy atom. The van der Waals surface area contributed by atoms with Gasteiger partial charge in [-0.1, -0.05) is 18.2 Å². The predicted molar refractivity (Wildman–Crippen MR) is 76.2 cm³/mol. The number of benzene rings is 1. The molecule has 0 fully saturated rings. The zero-order valence-corrected chi connectivity index (χ0v) is 12.4. The van der Waals surface area contributed by atoms with Crippen LogP contribution in [0.2, 0.25) is 0 Å². The van der Waals surface area contributed by atoms with Gasteiger partial charge < -0.3 is 5.11 Å². The standard InChI is InChI=1S/C14H15F3N2OS/c1-13(2,20)7-8-21-11-9-5-3-4-6-10(9)18-12(19-11)14(15,16)17/h3-6,20H,7-8H2,1-2H3. The summed E-state index contributed by atoms with van der Waals surface area (Å²) in [5.74, 6) is -0.658. The van der Waals surface area contributed by atoms with Crippen molar-refractivity contribution in [3.8, 4) is 0 Å². The monoisotopic (exact) mass is 316 g/mol. The molecule has 21 heavy (non-hydrogen) atoms. The van der Waals surface area contributed by atoms with Gasteiger partial charge in [-0.05, 0) is 26.3 Å². The maximum absolute atomic E-state index is 12.8. The normalized spacial score (nSPS) is 12.9. The molecular weight excluding hydrogens is 301 g/mol. The SMILES string of the molecule is CC(C)(O)CCSc1nc(C(F)(F)F)nc2ccccc12. The minimum atomic E-state index is -4.57. The van der Waals surface area contributed by atoms with Gasteiger partial charge in [0.15, 0.2) is 0 Å². The highest BCUT2D eigenvalue weighted by Crippen LogP contribution is 2.32. The van der Waals surface area contributed by atoms with E-state index in [-0.39, 0.29) is 10.5 Å². The van der Waals surface area contributed by atoms with Gasteiger partial charge in [0.1, 0.15) is 5.03 Å². The third-order valence-electron chi connectivity index (χ3n) is 2.77. The van der Waals surface area contributed by atoms with Crippen LogP contribution in [0.3, 0.4) is 0 Å². The van der Waals surface area contributed by atoms with Crippen molar-refractivity contribution in [3.63, 3.8) is 0 Å². The highest BCUT2D eigenvalue weighted by molar-refractivity contribution is 7.99. The molecule has 2 aromatic rings. The van der Waals surface area contributed by atoms with Crippen molar-refractivity contribution in [2.24, 2.45) is 0 Å². The maximum Gasteiger partial charge on any atom is 0.451 e. The van der Waals surface area contributed by atoms with Crippen molar-refractivity contribution in [2.45, 2.75) is 37.1 Å². The van der Waals surface area contributed by atoms with E-state index in [1.165, 1.54) is 17.8 Å². The molecule has 0 unspecified atom stereocenters. The molecule has 0 bridgehead atoms. The third-order valence-corrected chi connectivity index (χ3v) is 3.77. The number of aliphatic hydroxyl groups is 1. The van der Waals surface area contributed by atoms with E-state index in [9.17, 15) is 18.3 Å². The molecule has 1 aromatic heterocycles. The Labute approximate surface area is 124 Å². The van der Waals surface area contributed by atoms with Gasteiger partial charge in [-0.3, -0.25) is 0 Å². The van der Waals surface area contributed by atoms with E-state index in [0.29, 0.717) is 17.6 Å². The number of hydrogen-bond donors (Lipinski definition) is 1. The van der Waals surface area contributed by atoms with Crippen LogP contribution < -0.4 is 0 Å². The van der Waals surface area contributed by atoms with Crippen LogP contribution in [0.1, 0.15) is 26.1 Å². The summed E-state index contributed by atoms with van der Waals surface area (Å²) in [4.78, 5) is 7.20. The van der Waals surface area contributed by atoms with Crippen LogP contribution in [0, 0.1) is 0 Å². The molecule has 0 saturated carbocycles. The number of fused-ring (bicyclic) bond motifs is 1. The lowest BCUT2D eigenvalue weighted by molar-refractivity contribution is -0.145. The van der Waals surface area contributed by atoms with Gasteiger partial charge in [0.2, 0.25) is 5.82 Å². The van der Waals surface area contributed by atoms with Crippen molar-refractivity contribution in [1.29, 1.82) is 0 Å². The smallest absolute Gasteiger partial charge is 0.390 e. The average molecular weight is 316 g/mol. The highest BCUT2D eigenvalue weighted by atomic mass is 32.2. The number of nitrogens with zero attached hydrogens (tertiary/aromatic N) is 2. The summed E-state index contributed by atoms with van der Waals surface area (Å²) in [6.45, 7) is 3.32. The quantitative estimate of drug-likeness (QED) is 0.686. The topological polar surface area (TPSA) is 46.0 Å². The fraction of sp³-hybridized carbons (Fsp3) is 0.429. The highest BCUT2D eigenvalue weighted by Gasteiger charge is 2.35. The second kappa shape index (κ2) is 5.81. The molecule has 0 aliphatic rings. The molecule has 0 atom stereocenters. The van der Waals surface area contributed by atoms with Crippen molar-refractivity contribution in [3.05, 3.63) is 30.1 Å². The van der Waals surface area contributed by atoms with E-state index in [1.807, 2.05) is 0 Å². The maximum atomic E-state index is 12.8. The van der Waals surface area contributed by atoms with Crippen LogP contribution in [0.5, 0.6) is 0 Å². The fourth-order valence-electron chi connectivity index (χ4n) is 1.68. The molecule has 0 aliphatic heterocycles. The van der Waals surface area contributed by atoms with Gasteiger partial charge in [0.25, 0.3) is 0 Å². The molecule has 3 nitrogen and oxygen atoms in total. The Kier molecular flexibility index (Phi) is 4.43. The molecule has 0 saturated heterocycles. The van der Waals surface area contributed by atoms with E-state index >= 15 is 0 Å². The molecule has 7 heteroatoms. The Balaban J connectivity index is 2.36. The molecule has 0 radical (unpaired) electrons. The van der Waals surface area contributed by atoms with E-state index in [0.717, 1.165) is 0 Å². The first-order chi connectivity index (χ1) is 9.67. The van der Waals surface area contributed by atoms with E-state index < -0.39 is 17.6 Å². The molecule has 0 amide bonds.